The maximum Gasteiger partial charge on any atom is 0.265 e. The molecule has 2 aromatic carbocycles. The molecule has 2 amide bonds. The van der Waals surface area contributed by atoms with Gasteiger partial charge in [-0.2, -0.15) is 0 Å². The van der Waals surface area contributed by atoms with E-state index in [9.17, 15) is 9.59 Å². The molecule has 0 spiro atoms. The lowest BCUT2D eigenvalue weighted by atomic mass is 10.1. The largest absolute Gasteiger partial charge is 0.338 e. The molecule has 0 bridgehead atoms. The molecular weight excluding hydrogens is 485 g/mol. The van der Waals surface area contributed by atoms with Crippen LogP contribution in [0.15, 0.2) is 70.6 Å². The zero-order chi connectivity index (χ0) is 23.0. The van der Waals surface area contributed by atoms with Crippen LogP contribution in [0.2, 0.25) is 10.0 Å². The molecule has 0 unspecified atom stereocenters. The first-order valence-corrected chi connectivity index (χ1v) is 11.5. The van der Waals surface area contributed by atoms with Gasteiger partial charge < -0.3 is 4.57 Å². The Hall–Kier alpha value is -2.58. The van der Waals surface area contributed by atoms with Crippen molar-refractivity contribution in [3.63, 3.8) is 0 Å². The van der Waals surface area contributed by atoms with E-state index in [4.69, 9.17) is 35.4 Å². The first-order chi connectivity index (χ1) is 15.3. The molecule has 0 atom stereocenters. The number of hydrogen-bond donors (Lipinski definition) is 1. The first-order valence-electron chi connectivity index (χ1n) is 9.52. The SMILES string of the molecule is C=CCN1C(=O)C(=Cc2c(Sc3c(Cl)cccc3Cl)n(C)c3ccccc23)C(=O)NC1=S. The van der Waals surface area contributed by atoms with Gasteiger partial charge in [0.15, 0.2) is 5.11 Å². The van der Waals surface area contributed by atoms with Gasteiger partial charge in [-0.1, -0.05) is 65.3 Å². The van der Waals surface area contributed by atoms with E-state index in [0.29, 0.717) is 20.5 Å². The first kappa shape index (κ1) is 22.6. The Balaban J connectivity index is 1.91. The minimum Gasteiger partial charge on any atom is -0.338 e. The van der Waals surface area contributed by atoms with E-state index >= 15 is 0 Å². The molecule has 1 N–H and O–H groups in total. The Labute approximate surface area is 204 Å². The van der Waals surface area contributed by atoms with Crippen LogP contribution in [0.1, 0.15) is 5.56 Å². The predicted molar refractivity (Wildman–Crippen MR) is 134 cm³/mol. The molecule has 2 heterocycles. The summed E-state index contributed by atoms with van der Waals surface area (Å²) >= 11 is 19.4. The van der Waals surface area contributed by atoms with E-state index in [-0.39, 0.29) is 17.2 Å². The van der Waals surface area contributed by atoms with Gasteiger partial charge in [0.1, 0.15) is 5.57 Å². The van der Waals surface area contributed by atoms with Crippen molar-refractivity contribution in [2.24, 2.45) is 7.05 Å². The summed E-state index contributed by atoms with van der Waals surface area (Å²) < 4.78 is 1.99. The molecule has 4 rings (SSSR count). The molecule has 1 aliphatic heterocycles. The van der Waals surface area contributed by atoms with Crippen molar-refractivity contribution in [2.75, 3.05) is 6.54 Å². The van der Waals surface area contributed by atoms with Crippen LogP contribution in [0.4, 0.5) is 0 Å². The number of aryl methyl sites for hydroxylation is 1. The number of para-hydroxylation sites is 1. The van der Waals surface area contributed by atoms with Crippen molar-refractivity contribution in [3.8, 4) is 0 Å². The number of carbonyl (C=O) groups is 2. The number of benzene rings is 2. The van der Waals surface area contributed by atoms with Crippen LogP contribution < -0.4 is 5.32 Å². The van der Waals surface area contributed by atoms with Gasteiger partial charge >= 0.3 is 0 Å². The number of amides is 2. The van der Waals surface area contributed by atoms with Gasteiger partial charge in [0.2, 0.25) is 0 Å². The topological polar surface area (TPSA) is 54.3 Å². The lowest BCUT2D eigenvalue weighted by Crippen LogP contribution is -2.53. The van der Waals surface area contributed by atoms with E-state index in [1.165, 1.54) is 16.7 Å². The molecule has 1 fully saturated rings. The fraction of sp³-hybridized carbons (Fsp3) is 0.0870. The molecule has 0 radical (unpaired) electrons. The Morgan fingerprint density at radius 3 is 2.50 bits per heavy atom. The lowest BCUT2D eigenvalue weighted by Gasteiger charge is -2.27. The number of fused-ring (bicyclic) bond motifs is 1. The fourth-order valence-corrected chi connectivity index (χ4v) is 5.39. The van der Waals surface area contributed by atoms with E-state index in [2.05, 4.69) is 11.9 Å². The van der Waals surface area contributed by atoms with Gasteiger partial charge in [-0.05, 0) is 36.5 Å². The summed E-state index contributed by atoms with van der Waals surface area (Å²) in [6.45, 7) is 3.85. The number of halogens is 2. The van der Waals surface area contributed by atoms with Gasteiger partial charge in [-0.3, -0.25) is 19.8 Å². The van der Waals surface area contributed by atoms with E-state index in [1.807, 2.05) is 35.9 Å². The molecule has 1 aromatic heterocycles. The number of carbonyl (C=O) groups excluding carboxylic acids is 2. The molecule has 1 saturated heterocycles. The smallest absolute Gasteiger partial charge is 0.265 e. The van der Waals surface area contributed by atoms with Crippen molar-refractivity contribution >= 4 is 81.1 Å². The van der Waals surface area contributed by atoms with Gasteiger partial charge in [0, 0.05) is 30.1 Å². The third-order valence-electron chi connectivity index (χ3n) is 4.99. The van der Waals surface area contributed by atoms with Crippen LogP contribution in [0.25, 0.3) is 17.0 Å². The van der Waals surface area contributed by atoms with E-state index in [0.717, 1.165) is 15.9 Å². The van der Waals surface area contributed by atoms with Gasteiger partial charge in [0.25, 0.3) is 11.8 Å². The molecule has 1 aliphatic rings. The van der Waals surface area contributed by atoms with Gasteiger partial charge in [-0.25, -0.2) is 0 Å². The third-order valence-corrected chi connectivity index (χ3v) is 7.50. The molecule has 32 heavy (non-hydrogen) atoms. The second-order valence-electron chi connectivity index (χ2n) is 6.97. The van der Waals surface area contributed by atoms with Crippen LogP contribution in [-0.4, -0.2) is 32.9 Å². The molecule has 9 heteroatoms. The number of thiocarbonyl (C=S) groups is 1. The van der Waals surface area contributed by atoms with Crippen LogP contribution in [0.3, 0.4) is 0 Å². The maximum atomic E-state index is 13.1. The average molecular weight is 502 g/mol. The van der Waals surface area contributed by atoms with Crippen molar-refractivity contribution in [1.29, 1.82) is 0 Å². The highest BCUT2D eigenvalue weighted by Gasteiger charge is 2.33. The lowest BCUT2D eigenvalue weighted by molar-refractivity contribution is -0.128. The monoisotopic (exact) mass is 501 g/mol. The standard InChI is InChI=1S/C23H17Cl2N3O2S2/c1-3-11-28-21(30)15(20(29)26-23(28)31)12-14-13-7-4-5-10-18(13)27(2)22(14)32-19-16(24)8-6-9-17(19)25/h3-10,12H,1,11H2,2H3,(H,26,29,31). The highest BCUT2D eigenvalue weighted by atomic mass is 35.5. The molecule has 5 nitrogen and oxygen atoms in total. The molecule has 3 aromatic rings. The van der Waals surface area contributed by atoms with Crippen LogP contribution >= 0.6 is 47.2 Å². The van der Waals surface area contributed by atoms with E-state index in [1.54, 1.807) is 30.4 Å². The van der Waals surface area contributed by atoms with Crippen molar-refractivity contribution < 1.29 is 9.59 Å². The Morgan fingerprint density at radius 1 is 1.12 bits per heavy atom. The molecule has 0 saturated carbocycles. The van der Waals surface area contributed by atoms with Crippen molar-refractivity contribution in [1.82, 2.24) is 14.8 Å². The quantitative estimate of drug-likeness (QED) is 0.218. The zero-order valence-electron chi connectivity index (χ0n) is 16.9. The number of hydrogen-bond acceptors (Lipinski definition) is 4. The highest BCUT2D eigenvalue weighted by Crippen LogP contribution is 2.43. The Bertz CT molecular complexity index is 1310. The Morgan fingerprint density at radius 2 is 1.81 bits per heavy atom. The van der Waals surface area contributed by atoms with Crippen molar-refractivity contribution in [2.45, 2.75) is 9.92 Å². The summed E-state index contributed by atoms with van der Waals surface area (Å²) in [7, 11) is 1.92. The predicted octanol–water partition coefficient (Wildman–Crippen LogP) is 5.45. The minimum atomic E-state index is -0.542. The van der Waals surface area contributed by atoms with Gasteiger partial charge in [0.05, 0.1) is 20.0 Å². The third kappa shape index (κ3) is 3.97. The molecule has 162 valence electrons. The summed E-state index contributed by atoms with van der Waals surface area (Å²) in [6.07, 6.45) is 3.16. The second-order valence-corrected chi connectivity index (χ2v) is 9.17. The molecule has 0 aliphatic carbocycles. The number of nitrogens with one attached hydrogen (secondary N) is 1. The van der Waals surface area contributed by atoms with E-state index < -0.39 is 11.8 Å². The number of nitrogens with zero attached hydrogens (tertiary/aromatic N) is 2. The summed E-state index contributed by atoms with van der Waals surface area (Å²) in [4.78, 5) is 27.8. The normalized spacial score (nSPS) is 15.5. The summed E-state index contributed by atoms with van der Waals surface area (Å²) in [5.41, 5.74) is 1.64. The summed E-state index contributed by atoms with van der Waals surface area (Å²) in [5, 5.41) is 5.35. The number of rotatable bonds is 5. The summed E-state index contributed by atoms with van der Waals surface area (Å²) in [5.74, 6) is -1.02. The van der Waals surface area contributed by atoms with Crippen LogP contribution in [0.5, 0.6) is 0 Å². The molecular formula is C23H17Cl2N3O2S2. The number of aromatic nitrogens is 1. The van der Waals surface area contributed by atoms with Gasteiger partial charge in [-0.15, -0.1) is 6.58 Å². The highest BCUT2D eigenvalue weighted by molar-refractivity contribution is 7.99. The van der Waals surface area contributed by atoms with Crippen molar-refractivity contribution in [3.05, 3.63) is 76.3 Å². The summed E-state index contributed by atoms with van der Waals surface area (Å²) in [6, 6.07) is 13.1. The van der Waals surface area contributed by atoms with Crippen LogP contribution in [0, 0.1) is 0 Å². The fourth-order valence-electron chi connectivity index (χ4n) is 3.47. The Kier molecular flexibility index (Phi) is 6.44. The minimum absolute atomic E-state index is 0.0103. The second kappa shape index (κ2) is 9.11. The average Bonchev–Trinajstić information content (AvgIpc) is 3.02. The zero-order valence-corrected chi connectivity index (χ0v) is 20.0. The van der Waals surface area contributed by atoms with Crippen LogP contribution in [-0.2, 0) is 16.6 Å². The maximum absolute atomic E-state index is 13.1.